The lowest BCUT2D eigenvalue weighted by Crippen LogP contribution is -2.40. The first-order valence-corrected chi connectivity index (χ1v) is 10.1. The van der Waals surface area contributed by atoms with E-state index in [-0.39, 0.29) is 24.2 Å². The van der Waals surface area contributed by atoms with Crippen LogP contribution >= 0.6 is 11.5 Å². The first-order valence-electron chi connectivity index (χ1n) is 9.29. The van der Waals surface area contributed by atoms with Crippen LogP contribution in [0.1, 0.15) is 46.6 Å². The molecule has 2 amide bonds. The minimum atomic E-state index is -4.40. The van der Waals surface area contributed by atoms with E-state index in [1.54, 1.807) is 11.8 Å². The zero-order valence-electron chi connectivity index (χ0n) is 15.8. The third kappa shape index (κ3) is 5.53. The molecule has 1 aliphatic rings. The second-order valence-electron chi connectivity index (χ2n) is 7.11. The molecule has 29 heavy (non-hydrogen) atoms. The van der Waals surface area contributed by atoms with Crippen molar-refractivity contribution in [2.75, 3.05) is 18.4 Å². The Balaban J connectivity index is 1.48. The Hall–Kier alpha value is -2.49. The van der Waals surface area contributed by atoms with Crippen LogP contribution in [0.3, 0.4) is 0 Å². The molecule has 0 radical (unpaired) electrons. The van der Waals surface area contributed by atoms with Gasteiger partial charge in [-0.3, -0.25) is 9.59 Å². The lowest BCUT2D eigenvalue weighted by Gasteiger charge is -2.32. The molecule has 1 aliphatic heterocycles. The van der Waals surface area contributed by atoms with Gasteiger partial charge in [-0.2, -0.15) is 13.2 Å². The average molecular weight is 426 g/mol. The van der Waals surface area contributed by atoms with Gasteiger partial charge < -0.3 is 10.2 Å². The van der Waals surface area contributed by atoms with Gasteiger partial charge in [0.1, 0.15) is 4.88 Å². The number of nitrogens with zero attached hydrogens (tertiary/aromatic N) is 3. The summed E-state index contributed by atoms with van der Waals surface area (Å²) in [6.07, 6.45) is -1.76. The number of hydrogen-bond donors (Lipinski definition) is 1. The van der Waals surface area contributed by atoms with Crippen LogP contribution in [0.5, 0.6) is 0 Å². The Bertz CT molecular complexity index is 867. The zero-order valence-corrected chi connectivity index (χ0v) is 16.6. The van der Waals surface area contributed by atoms with Crippen molar-refractivity contribution in [3.63, 3.8) is 0 Å². The summed E-state index contributed by atoms with van der Waals surface area (Å²) in [6.45, 7) is 3.00. The van der Waals surface area contributed by atoms with Gasteiger partial charge in [-0.05, 0) is 67.9 Å². The number of carbonyl (C=O) groups excluding carboxylic acids is 2. The Kier molecular flexibility index (Phi) is 6.51. The van der Waals surface area contributed by atoms with Crippen LogP contribution in [0.15, 0.2) is 24.3 Å². The molecule has 2 aromatic rings. The molecule has 1 atom stereocenters. The summed E-state index contributed by atoms with van der Waals surface area (Å²) >= 11 is 1.09. The van der Waals surface area contributed by atoms with Crippen LogP contribution in [-0.2, 0) is 11.0 Å². The summed E-state index contributed by atoms with van der Waals surface area (Å²) in [5, 5.41) is 6.50. The molecule has 0 unspecified atom stereocenters. The fourth-order valence-electron chi connectivity index (χ4n) is 3.36. The van der Waals surface area contributed by atoms with E-state index in [0.717, 1.165) is 36.5 Å². The van der Waals surface area contributed by atoms with E-state index in [1.165, 1.54) is 12.1 Å². The highest BCUT2D eigenvalue weighted by Crippen LogP contribution is 2.30. The van der Waals surface area contributed by atoms with Crippen LogP contribution in [0.25, 0.3) is 0 Å². The number of benzene rings is 1. The maximum Gasteiger partial charge on any atom is 0.416 e. The molecule has 2 heterocycles. The number of halogens is 3. The number of anilines is 1. The molecule has 10 heteroatoms. The predicted octanol–water partition coefficient (Wildman–Crippen LogP) is 4.14. The molecule has 0 bridgehead atoms. The fraction of sp³-hybridized carbons (Fsp3) is 0.474. The van der Waals surface area contributed by atoms with Gasteiger partial charge in [-0.1, -0.05) is 4.49 Å². The maximum atomic E-state index is 12.6. The summed E-state index contributed by atoms with van der Waals surface area (Å²) in [7, 11) is 0. The molecule has 0 spiro atoms. The quantitative estimate of drug-likeness (QED) is 0.780. The number of aryl methyl sites for hydroxylation is 1. The summed E-state index contributed by atoms with van der Waals surface area (Å²) in [5.74, 6) is -0.126. The van der Waals surface area contributed by atoms with Crippen molar-refractivity contribution < 1.29 is 22.8 Å². The number of likely N-dealkylation sites (tertiary alicyclic amines) is 1. The monoisotopic (exact) mass is 426 g/mol. The number of hydrogen-bond acceptors (Lipinski definition) is 5. The van der Waals surface area contributed by atoms with E-state index >= 15 is 0 Å². The molecular weight excluding hydrogens is 405 g/mol. The van der Waals surface area contributed by atoms with Gasteiger partial charge >= 0.3 is 6.18 Å². The summed E-state index contributed by atoms with van der Waals surface area (Å²) < 4.78 is 41.6. The highest BCUT2D eigenvalue weighted by molar-refractivity contribution is 7.07. The van der Waals surface area contributed by atoms with E-state index in [4.69, 9.17) is 0 Å². The number of aromatic nitrogens is 2. The number of carbonyl (C=O) groups is 2. The molecule has 0 aliphatic carbocycles. The molecule has 1 saturated heterocycles. The molecule has 156 valence electrons. The minimum Gasteiger partial charge on any atom is -0.338 e. The lowest BCUT2D eigenvalue weighted by atomic mass is 9.93. The third-order valence-corrected chi connectivity index (χ3v) is 5.74. The maximum absolute atomic E-state index is 12.6. The number of alkyl halides is 3. The lowest BCUT2D eigenvalue weighted by molar-refractivity contribution is -0.137. The van der Waals surface area contributed by atoms with Gasteiger partial charge in [0.05, 0.1) is 11.3 Å². The Labute approximate surface area is 170 Å². The number of piperidine rings is 1. The van der Waals surface area contributed by atoms with Crippen LogP contribution in [-0.4, -0.2) is 39.4 Å². The highest BCUT2D eigenvalue weighted by atomic mass is 32.1. The van der Waals surface area contributed by atoms with Gasteiger partial charge in [0, 0.05) is 25.2 Å². The average Bonchev–Trinajstić information content (AvgIpc) is 3.11. The van der Waals surface area contributed by atoms with Crippen LogP contribution < -0.4 is 5.32 Å². The molecule has 1 aromatic carbocycles. The van der Waals surface area contributed by atoms with Crippen molar-refractivity contribution in [2.45, 2.75) is 38.8 Å². The molecular formula is C19H21F3N4O2S. The second-order valence-corrected chi connectivity index (χ2v) is 7.86. The summed E-state index contributed by atoms with van der Waals surface area (Å²) in [5.41, 5.74) is 0.198. The topological polar surface area (TPSA) is 75.2 Å². The van der Waals surface area contributed by atoms with Crippen molar-refractivity contribution in [3.05, 3.63) is 40.4 Å². The van der Waals surface area contributed by atoms with Crippen molar-refractivity contribution in [2.24, 2.45) is 5.92 Å². The van der Waals surface area contributed by atoms with E-state index in [1.807, 2.05) is 0 Å². The smallest absolute Gasteiger partial charge is 0.338 e. The Morgan fingerprint density at radius 1 is 1.28 bits per heavy atom. The largest absolute Gasteiger partial charge is 0.416 e. The van der Waals surface area contributed by atoms with Gasteiger partial charge in [0.25, 0.3) is 5.91 Å². The van der Waals surface area contributed by atoms with Crippen LogP contribution in [0, 0.1) is 12.8 Å². The SMILES string of the molecule is Cc1nnsc1C(=O)N1CCC[C@H](CCC(=O)Nc2ccc(C(F)(F)F)cc2)C1. The van der Waals surface area contributed by atoms with E-state index < -0.39 is 11.7 Å². The predicted molar refractivity (Wildman–Crippen MR) is 103 cm³/mol. The van der Waals surface area contributed by atoms with E-state index in [9.17, 15) is 22.8 Å². The van der Waals surface area contributed by atoms with Crippen molar-refractivity contribution in [1.82, 2.24) is 14.5 Å². The third-order valence-electron chi connectivity index (χ3n) is 4.93. The Morgan fingerprint density at radius 3 is 2.62 bits per heavy atom. The van der Waals surface area contributed by atoms with Gasteiger partial charge in [-0.25, -0.2) is 0 Å². The van der Waals surface area contributed by atoms with Crippen LogP contribution in [0.4, 0.5) is 18.9 Å². The van der Waals surface area contributed by atoms with Crippen molar-refractivity contribution in [1.29, 1.82) is 0 Å². The number of nitrogens with one attached hydrogen (secondary N) is 1. The first kappa shape index (κ1) is 21.2. The molecule has 6 nitrogen and oxygen atoms in total. The number of amides is 2. The Morgan fingerprint density at radius 2 is 2.00 bits per heavy atom. The number of rotatable bonds is 5. The normalized spacial score (nSPS) is 17.2. The van der Waals surface area contributed by atoms with Crippen molar-refractivity contribution >= 4 is 29.0 Å². The van der Waals surface area contributed by atoms with Gasteiger partial charge in [0.15, 0.2) is 0 Å². The van der Waals surface area contributed by atoms with Gasteiger partial charge in [0.2, 0.25) is 5.91 Å². The molecule has 1 fully saturated rings. The van der Waals surface area contributed by atoms with E-state index in [2.05, 4.69) is 14.9 Å². The van der Waals surface area contributed by atoms with Gasteiger partial charge in [-0.15, -0.1) is 5.10 Å². The molecule has 1 aromatic heterocycles. The zero-order chi connectivity index (χ0) is 21.0. The summed E-state index contributed by atoms with van der Waals surface area (Å²) in [4.78, 5) is 27.1. The fourth-order valence-corrected chi connectivity index (χ4v) is 3.98. The molecule has 0 saturated carbocycles. The standard InChI is InChI=1S/C19H21F3N4O2S/c1-12-17(29-25-24-12)18(28)26-10-2-3-13(11-26)4-9-16(27)23-15-7-5-14(6-8-15)19(20,21)22/h5-8,13H,2-4,9-11H2,1H3,(H,23,27)/t13-/m1/s1. The molecule has 1 N–H and O–H groups in total. The van der Waals surface area contributed by atoms with Crippen molar-refractivity contribution in [3.8, 4) is 0 Å². The van der Waals surface area contributed by atoms with E-state index in [0.29, 0.717) is 35.8 Å². The summed E-state index contributed by atoms with van der Waals surface area (Å²) in [6, 6.07) is 4.37. The van der Waals surface area contributed by atoms with Crippen LogP contribution in [0.2, 0.25) is 0 Å². The minimum absolute atomic E-state index is 0.0728. The highest BCUT2D eigenvalue weighted by Gasteiger charge is 2.30. The molecule has 3 rings (SSSR count). The first-order chi connectivity index (χ1) is 13.7. The second kappa shape index (κ2) is 8.89.